The van der Waals surface area contributed by atoms with Crippen LogP contribution in [0.3, 0.4) is 0 Å². The third-order valence-corrected chi connectivity index (χ3v) is 6.02. The van der Waals surface area contributed by atoms with Crippen LogP contribution in [0.4, 0.5) is 0 Å². The van der Waals surface area contributed by atoms with Crippen molar-refractivity contribution in [3.8, 4) is 11.5 Å². The highest BCUT2D eigenvalue weighted by Crippen LogP contribution is 2.36. The summed E-state index contributed by atoms with van der Waals surface area (Å²) >= 11 is 6.03. The van der Waals surface area contributed by atoms with Crippen molar-refractivity contribution in [2.75, 3.05) is 53.6 Å². The van der Waals surface area contributed by atoms with Crippen LogP contribution < -0.4 is 9.47 Å². The van der Waals surface area contributed by atoms with Crippen LogP contribution in [0.15, 0.2) is 17.0 Å². The molecule has 138 valence electrons. The SMILES string of the molecule is COc1cc(S(=O)(=O)N2CCN(CCO)CC2)c(OC)cc1Cl.Cl. The van der Waals surface area contributed by atoms with Crippen LogP contribution in [0.1, 0.15) is 0 Å². The quantitative estimate of drug-likeness (QED) is 0.769. The molecular formula is C14H22Cl2N2O5S. The summed E-state index contributed by atoms with van der Waals surface area (Å²) < 4.78 is 37.5. The molecule has 2 rings (SSSR count). The Labute approximate surface area is 153 Å². The summed E-state index contributed by atoms with van der Waals surface area (Å²) in [6, 6.07) is 2.83. The standard InChI is InChI=1S/C14H21ClN2O5S.ClH/c1-21-12-10-14(13(22-2)9-11(12)15)23(19,20)17-5-3-16(4-6-17)7-8-18;/h9-10,18H,3-8H2,1-2H3;1H. The third-order valence-electron chi connectivity index (χ3n) is 3.80. The molecule has 24 heavy (non-hydrogen) atoms. The van der Waals surface area contributed by atoms with Crippen molar-refractivity contribution in [3.05, 3.63) is 17.2 Å². The topological polar surface area (TPSA) is 79.3 Å². The molecular weight excluding hydrogens is 379 g/mol. The van der Waals surface area contributed by atoms with E-state index in [4.69, 9.17) is 26.2 Å². The van der Waals surface area contributed by atoms with Crippen LogP contribution >= 0.6 is 24.0 Å². The molecule has 1 N–H and O–H groups in total. The molecule has 0 atom stereocenters. The smallest absolute Gasteiger partial charge is 0.246 e. The second kappa shape index (κ2) is 9.07. The van der Waals surface area contributed by atoms with Gasteiger partial charge in [-0.25, -0.2) is 8.42 Å². The number of nitrogens with zero attached hydrogens (tertiary/aromatic N) is 2. The number of hydrogen-bond acceptors (Lipinski definition) is 6. The van der Waals surface area contributed by atoms with Gasteiger partial charge in [0.2, 0.25) is 10.0 Å². The number of piperazine rings is 1. The molecule has 0 saturated carbocycles. The molecule has 0 aliphatic carbocycles. The lowest BCUT2D eigenvalue weighted by molar-refractivity contribution is 0.151. The van der Waals surface area contributed by atoms with Gasteiger partial charge in [-0.1, -0.05) is 11.6 Å². The van der Waals surface area contributed by atoms with Gasteiger partial charge in [-0.2, -0.15) is 4.31 Å². The molecule has 7 nitrogen and oxygen atoms in total. The molecule has 1 heterocycles. The molecule has 0 radical (unpaired) electrons. The number of benzene rings is 1. The maximum atomic E-state index is 12.9. The summed E-state index contributed by atoms with van der Waals surface area (Å²) in [6.45, 7) is 2.48. The van der Waals surface area contributed by atoms with E-state index in [9.17, 15) is 8.42 Å². The fourth-order valence-electron chi connectivity index (χ4n) is 2.51. The number of rotatable bonds is 6. The minimum absolute atomic E-state index is 0. The first-order valence-corrected chi connectivity index (χ1v) is 9.00. The number of sulfonamides is 1. The highest BCUT2D eigenvalue weighted by molar-refractivity contribution is 7.89. The molecule has 1 aromatic rings. The molecule has 0 aromatic heterocycles. The molecule has 1 saturated heterocycles. The van der Waals surface area contributed by atoms with E-state index in [1.807, 2.05) is 4.90 Å². The van der Waals surface area contributed by atoms with Crippen LogP contribution in [0.5, 0.6) is 11.5 Å². The molecule has 0 unspecified atom stereocenters. The summed E-state index contributed by atoms with van der Waals surface area (Å²) in [5, 5.41) is 9.25. The lowest BCUT2D eigenvalue weighted by Crippen LogP contribution is -2.49. The number of methoxy groups -OCH3 is 2. The van der Waals surface area contributed by atoms with Gasteiger partial charge in [0.05, 0.1) is 25.8 Å². The van der Waals surface area contributed by atoms with Crippen LogP contribution in [0.25, 0.3) is 0 Å². The fraction of sp³-hybridized carbons (Fsp3) is 0.571. The van der Waals surface area contributed by atoms with Crippen molar-refractivity contribution in [2.24, 2.45) is 0 Å². The second-order valence-electron chi connectivity index (χ2n) is 5.11. The first-order valence-electron chi connectivity index (χ1n) is 7.19. The van der Waals surface area contributed by atoms with Crippen LogP contribution in [-0.2, 0) is 10.0 Å². The highest BCUT2D eigenvalue weighted by atomic mass is 35.5. The lowest BCUT2D eigenvalue weighted by Gasteiger charge is -2.33. The number of β-amino-alcohol motifs (C(OH)–C–C–N with tert-alkyl or cyclic N) is 1. The van der Waals surface area contributed by atoms with E-state index in [0.717, 1.165) is 0 Å². The predicted molar refractivity (Wildman–Crippen MR) is 94.1 cm³/mol. The fourth-order valence-corrected chi connectivity index (χ4v) is 4.31. The largest absolute Gasteiger partial charge is 0.495 e. The molecule has 1 aromatic carbocycles. The minimum Gasteiger partial charge on any atom is -0.495 e. The Morgan fingerprint density at radius 3 is 2.21 bits per heavy atom. The first-order chi connectivity index (χ1) is 10.9. The van der Waals surface area contributed by atoms with E-state index >= 15 is 0 Å². The number of halogens is 2. The normalized spacial score (nSPS) is 16.5. The molecule has 1 fully saturated rings. The van der Waals surface area contributed by atoms with E-state index < -0.39 is 10.0 Å². The number of aliphatic hydroxyl groups excluding tert-OH is 1. The van der Waals surface area contributed by atoms with Gasteiger partial charge in [-0.05, 0) is 0 Å². The van der Waals surface area contributed by atoms with Crippen LogP contribution in [0.2, 0.25) is 5.02 Å². The first kappa shape index (κ1) is 21.3. The van der Waals surface area contributed by atoms with Gasteiger partial charge in [-0.3, -0.25) is 4.90 Å². The van der Waals surface area contributed by atoms with E-state index in [0.29, 0.717) is 32.7 Å². The second-order valence-corrected chi connectivity index (χ2v) is 7.42. The van der Waals surface area contributed by atoms with Crippen molar-refractivity contribution in [1.82, 2.24) is 9.21 Å². The van der Waals surface area contributed by atoms with Crippen molar-refractivity contribution in [3.63, 3.8) is 0 Å². The summed E-state index contributed by atoms with van der Waals surface area (Å²) in [4.78, 5) is 2.06. The molecule has 0 spiro atoms. The van der Waals surface area contributed by atoms with Gasteiger partial charge in [-0.15, -0.1) is 12.4 Å². The molecule has 10 heteroatoms. The van der Waals surface area contributed by atoms with Gasteiger partial charge in [0.15, 0.2) is 0 Å². The van der Waals surface area contributed by atoms with Gasteiger partial charge in [0.25, 0.3) is 0 Å². The van der Waals surface area contributed by atoms with Gasteiger partial charge >= 0.3 is 0 Å². The Hall–Kier alpha value is -0.770. The molecule has 1 aliphatic heterocycles. The number of aliphatic hydroxyl groups is 1. The van der Waals surface area contributed by atoms with E-state index in [2.05, 4.69) is 0 Å². The Kier molecular flexibility index (Phi) is 8.04. The number of ether oxygens (including phenoxy) is 2. The maximum absolute atomic E-state index is 12.9. The average molecular weight is 401 g/mol. The minimum atomic E-state index is -3.71. The van der Waals surface area contributed by atoms with Crippen molar-refractivity contribution >= 4 is 34.0 Å². The maximum Gasteiger partial charge on any atom is 0.246 e. The van der Waals surface area contributed by atoms with Crippen molar-refractivity contribution in [2.45, 2.75) is 4.90 Å². The van der Waals surface area contributed by atoms with E-state index in [1.165, 1.54) is 30.7 Å². The van der Waals surface area contributed by atoms with Gasteiger partial charge < -0.3 is 14.6 Å². The highest BCUT2D eigenvalue weighted by Gasteiger charge is 2.31. The Bertz CT molecular complexity index is 649. The summed E-state index contributed by atoms with van der Waals surface area (Å²) in [7, 11) is -0.885. The van der Waals surface area contributed by atoms with Gasteiger partial charge in [0, 0.05) is 44.9 Å². The zero-order chi connectivity index (χ0) is 17.0. The van der Waals surface area contributed by atoms with Crippen molar-refractivity contribution < 1.29 is 23.0 Å². The van der Waals surface area contributed by atoms with E-state index in [1.54, 1.807) is 0 Å². The Morgan fingerprint density at radius 1 is 1.12 bits per heavy atom. The van der Waals surface area contributed by atoms with Crippen LogP contribution in [0, 0.1) is 0 Å². The summed E-state index contributed by atoms with van der Waals surface area (Å²) in [5.41, 5.74) is 0. The molecule has 1 aliphatic rings. The summed E-state index contributed by atoms with van der Waals surface area (Å²) in [6.07, 6.45) is 0. The Balaban J connectivity index is 0.00000288. The number of hydrogen-bond donors (Lipinski definition) is 1. The predicted octanol–water partition coefficient (Wildman–Crippen LogP) is 1.08. The summed E-state index contributed by atoms with van der Waals surface area (Å²) in [5.74, 6) is 0.471. The lowest BCUT2D eigenvalue weighted by atomic mass is 10.3. The van der Waals surface area contributed by atoms with Crippen LogP contribution in [-0.4, -0.2) is 76.3 Å². The van der Waals surface area contributed by atoms with Gasteiger partial charge in [0.1, 0.15) is 16.4 Å². The molecule has 0 amide bonds. The molecule has 0 bridgehead atoms. The zero-order valence-electron chi connectivity index (χ0n) is 13.6. The Morgan fingerprint density at radius 2 is 1.71 bits per heavy atom. The van der Waals surface area contributed by atoms with Crippen molar-refractivity contribution in [1.29, 1.82) is 0 Å². The zero-order valence-corrected chi connectivity index (χ0v) is 16.0. The average Bonchev–Trinajstić information content (AvgIpc) is 2.55. The third kappa shape index (κ3) is 4.44. The monoisotopic (exact) mass is 400 g/mol. The van der Waals surface area contributed by atoms with E-state index in [-0.39, 0.29) is 40.4 Å².